The Bertz CT molecular complexity index is 506. The molecule has 1 aromatic carbocycles. The van der Waals surface area contributed by atoms with Crippen molar-refractivity contribution in [2.24, 2.45) is 5.10 Å². The van der Waals surface area contributed by atoms with Crippen LogP contribution in [0, 0.1) is 6.92 Å². The number of pyridine rings is 1. The molecule has 16 heavy (non-hydrogen) atoms. The first-order chi connectivity index (χ1) is 7.77. The molecule has 0 amide bonds. The van der Waals surface area contributed by atoms with Crippen molar-refractivity contribution in [1.29, 1.82) is 0 Å². The van der Waals surface area contributed by atoms with Crippen LogP contribution in [0.25, 0.3) is 0 Å². The van der Waals surface area contributed by atoms with E-state index in [2.05, 4.69) is 5.10 Å². The van der Waals surface area contributed by atoms with Crippen LogP contribution in [-0.2, 0) is 12.6 Å². The van der Waals surface area contributed by atoms with Crippen molar-refractivity contribution in [3.8, 4) is 0 Å². The second-order valence-corrected chi connectivity index (χ2v) is 3.84. The fourth-order valence-electron chi connectivity index (χ4n) is 1.37. The highest BCUT2D eigenvalue weighted by molar-refractivity contribution is 7.78. The Labute approximate surface area is 101 Å². The SMILES string of the molecule is Cc1cccc[n+]1/N=C(\[S-])c1ccccc1. The Morgan fingerprint density at radius 2 is 1.75 bits per heavy atom. The predicted molar refractivity (Wildman–Crippen MR) is 67.1 cm³/mol. The lowest BCUT2D eigenvalue weighted by Gasteiger charge is -2.06. The molecule has 2 aromatic rings. The van der Waals surface area contributed by atoms with E-state index in [1.54, 1.807) is 4.68 Å². The van der Waals surface area contributed by atoms with Gasteiger partial charge in [0.2, 0.25) is 11.9 Å². The van der Waals surface area contributed by atoms with Gasteiger partial charge in [-0.05, 0) is 21.8 Å². The van der Waals surface area contributed by atoms with Crippen LogP contribution < -0.4 is 4.68 Å². The topological polar surface area (TPSA) is 16.2 Å². The molecular formula is C13H12N2S. The molecule has 0 atom stereocenters. The van der Waals surface area contributed by atoms with Gasteiger partial charge in [-0.2, -0.15) is 0 Å². The number of benzene rings is 1. The average molecular weight is 228 g/mol. The van der Waals surface area contributed by atoms with Gasteiger partial charge in [0, 0.05) is 19.1 Å². The van der Waals surface area contributed by atoms with E-state index in [0.717, 1.165) is 11.3 Å². The summed E-state index contributed by atoms with van der Waals surface area (Å²) in [5.41, 5.74) is 2.02. The molecule has 3 heteroatoms. The Balaban J connectivity index is 2.36. The molecule has 0 bridgehead atoms. The molecule has 0 aliphatic carbocycles. The smallest absolute Gasteiger partial charge is 0.211 e. The van der Waals surface area contributed by atoms with E-state index >= 15 is 0 Å². The first-order valence-electron chi connectivity index (χ1n) is 5.06. The van der Waals surface area contributed by atoms with Gasteiger partial charge >= 0.3 is 0 Å². The normalized spacial score (nSPS) is 11.4. The summed E-state index contributed by atoms with van der Waals surface area (Å²) in [5.74, 6) is 0. The van der Waals surface area contributed by atoms with Crippen LogP contribution in [0.2, 0.25) is 0 Å². The van der Waals surface area contributed by atoms with Crippen molar-refractivity contribution in [3.05, 3.63) is 66.0 Å². The molecule has 2 rings (SSSR count). The van der Waals surface area contributed by atoms with Crippen LogP contribution in [0.15, 0.2) is 59.8 Å². The minimum absolute atomic E-state index is 0.597. The van der Waals surface area contributed by atoms with E-state index < -0.39 is 0 Å². The van der Waals surface area contributed by atoms with Crippen LogP contribution in [0.4, 0.5) is 0 Å². The van der Waals surface area contributed by atoms with Crippen LogP contribution in [-0.4, -0.2) is 5.04 Å². The summed E-state index contributed by atoms with van der Waals surface area (Å²) in [6.45, 7) is 2.00. The maximum absolute atomic E-state index is 5.27. The molecule has 0 saturated carbocycles. The zero-order valence-corrected chi connectivity index (χ0v) is 9.82. The molecule has 0 saturated heterocycles. The van der Waals surface area contributed by atoms with Crippen molar-refractivity contribution in [2.75, 3.05) is 0 Å². The van der Waals surface area contributed by atoms with Gasteiger partial charge in [-0.1, -0.05) is 35.0 Å². The molecule has 1 aromatic heterocycles. The lowest BCUT2D eigenvalue weighted by atomic mass is 10.2. The lowest BCUT2D eigenvalue weighted by Crippen LogP contribution is -2.32. The molecule has 0 aliphatic rings. The summed E-state index contributed by atoms with van der Waals surface area (Å²) >= 11 is 5.27. The standard InChI is InChI=1S/C13H12N2S/c1-11-7-5-6-10-15(11)14-13(16)12-8-3-2-4-9-12/h2-10H,1H3. The fourth-order valence-corrected chi connectivity index (χ4v) is 1.59. The average Bonchev–Trinajstić information content (AvgIpc) is 2.33. The van der Waals surface area contributed by atoms with Gasteiger partial charge in [-0.25, -0.2) is 0 Å². The van der Waals surface area contributed by atoms with E-state index in [-0.39, 0.29) is 0 Å². The lowest BCUT2D eigenvalue weighted by molar-refractivity contribution is -0.684. The van der Waals surface area contributed by atoms with Gasteiger partial charge in [-0.15, -0.1) is 0 Å². The summed E-state index contributed by atoms with van der Waals surface area (Å²) in [6, 6.07) is 15.7. The van der Waals surface area contributed by atoms with Gasteiger partial charge in [0.15, 0.2) is 0 Å². The number of rotatable bonds is 2. The highest BCUT2D eigenvalue weighted by Crippen LogP contribution is 1.99. The summed E-state index contributed by atoms with van der Waals surface area (Å²) in [6.07, 6.45) is 1.89. The molecule has 2 nitrogen and oxygen atoms in total. The Kier molecular flexibility index (Phi) is 3.27. The van der Waals surface area contributed by atoms with Crippen molar-refractivity contribution in [1.82, 2.24) is 0 Å². The molecule has 0 fully saturated rings. The number of aryl methyl sites for hydroxylation is 1. The second kappa shape index (κ2) is 4.86. The van der Waals surface area contributed by atoms with Crippen molar-refractivity contribution < 1.29 is 4.68 Å². The van der Waals surface area contributed by atoms with Crippen molar-refractivity contribution >= 4 is 17.7 Å². The zero-order chi connectivity index (χ0) is 11.4. The quantitative estimate of drug-likeness (QED) is 0.332. The van der Waals surface area contributed by atoms with E-state index in [1.165, 1.54) is 0 Å². The Hall–Kier alpha value is -1.74. The van der Waals surface area contributed by atoms with Crippen LogP contribution >= 0.6 is 0 Å². The van der Waals surface area contributed by atoms with Gasteiger partial charge in [0.05, 0.1) is 0 Å². The van der Waals surface area contributed by atoms with E-state index in [0.29, 0.717) is 5.04 Å². The molecule has 0 unspecified atom stereocenters. The molecule has 80 valence electrons. The summed E-state index contributed by atoms with van der Waals surface area (Å²) in [7, 11) is 0. The Morgan fingerprint density at radius 3 is 2.44 bits per heavy atom. The third-order valence-corrected chi connectivity index (χ3v) is 2.57. The molecule has 1 heterocycles. The fraction of sp³-hybridized carbons (Fsp3) is 0.0769. The number of hydrogen-bond donors (Lipinski definition) is 0. The van der Waals surface area contributed by atoms with Gasteiger partial charge < -0.3 is 12.6 Å². The zero-order valence-electron chi connectivity index (χ0n) is 9.00. The number of hydrogen-bond acceptors (Lipinski definition) is 2. The highest BCUT2D eigenvalue weighted by atomic mass is 32.1. The number of nitrogens with zero attached hydrogens (tertiary/aromatic N) is 2. The minimum Gasteiger partial charge on any atom is -0.754 e. The van der Waals surface area contributed by atoms with E-state index in [4.69, 9.17) is 12.6 Å². The van der Waals surface area contributed by atoms with Gasteiger partial charge in [0.1, 0.15) is 0 Å². The monoisotopic (exact) mass is 228 g/mol. The Morgan fingerprint density at radius 1 is 1.06 bits per heavy atom. The van der Waals surface area contributed by atoms with Crippen LogP contribution in [0.3, 0.4) is 0 Å². The molecule has 0 N–H and O–H groups in total. The van der Waals surface area contributed by atoms with E-state index in [9.17, 15) is 0 Å². The predicted octanol–water partition coefficient (Wildman–Crippen LogP) is 2.04. The summed E-state index contributed by atoms with van der Waals surface area (Å²) in [4.78, 5) is 0. The van der Waals surface area contributed by atoms with Crippen LogP contribution in [0.5, 0.6) is 0 Å². The van der Waals surface area contributed by atoms with Gasteiger partial charge in [-0.3, -0.25) is 0 Å². The third kappa shape index (κ3) is 2.44. The first-order valence-corrected chi connectivity index (χ1v) is 5.47. The largest absolute Gasteiger partial charge is 0.754 e. The molecular weight excluding hydrogens is 216 g/mol. The number of aromatic nitrogens is 1. The molecule has 0 radical (unpaired) electrons. The van der Waals surface area contributed by atoms with Crippen molar-refractivity contribution in [3.63, 3.8) is 0 Å². The highest BCUT2D eigenvalue weighted by Gasteiger charge is 2.01. The third-order valence-electron chi connectivity index (χ3n) is 2.26. The summed E-state index contributed by atoms with van der Waals surface area (Å²) in [5, 5.41) is 4.97. The second-order valence-electron chi connectivity index (χ2n) is 3.46. The first kappa shape index (κ1) is 10.8. The van der Waals surface area contributed by atoms with E-state index in [1.807, 2.05) is 61.7 Å². The molecule has 0 aliphatic heterocycles. The van der Waals surface area contributed by atoms with Gasteiger partial charge in [0.25, 0.3) is 0 Å². The van der Waals surface area contributed by atoms with Crippen LogP contribution in [0.1, 0.15) is 11.3 Å². The molecule has 0 spiro atoms. The maximum atomic E-state index is 5.27. The summed E-state index contributed by atoms with van der Waals surface area (Å²) < 4.78 is 1.79. The van der Waals surface area contributed by atoms with Crippen molar-refractivity contribution in [2.45, 2.75) is 6.92 Å². The minimum atomic E-state index is 0.597. The maximum Gasteiger partial charge on any atom is 0.211 e.